The maximum atomic E-state index is 10.0. The van der Waals surface area contributed by atoms with E-state index in [1.165, 1.54) is 11.1 Å². The van der Waals surface area contributed by atoms with Gasteiger partial charge in [-0.25, -0.2) is 0 Å². The number of fused-ring (bicyclic) bond motifs is 3. The van der Waals surface area contributed by atoms with Gasteiger partial charge in [0, 0.05) is 24.2 Å². The predicted octanol–water partition coefficient (Wildman–Crippen LogP) is 1.57. The molecular weight excluding hydrogens is 202 g/mol. The summed E-state index contributed by atoms with van der Waals surface area (Å²) in [5.74, 6) is 0.267. The number of aromatic hydroxyl groups is 2. The van der Waals surface area contributed by atoms with Crippen molar-refractivity contribution in [3.63, 3.8) is 0 Å². The second kappa shape index (κ2) is 3.39. The minimum atomic E-state index is 0.127. The molecule has 1 heterocycles. The summed E-state index contributed by atoms with van der Waals surface area (Å²) in [6, 6.07) is 0. The summed E-state index contributed by atoms with van der Waals surface area (Å²) in [6.45, 7) is 1.80. The lowest BCUT2D eigenvalue weighted by atomic mass is 9.90. The topological polar surface area (TPSA) is 43.7 Å². The highest BCUT2D eigenvalue weighted by molar-refractivity contribution is 5.60. The van der Waals surface area contributed by atoms with Crippen LogP contribution >= 0.6 is 0 Å². The molecule has 0 atom stereocenters. The van der Waals surface area contributed by atoms with Crippen LogP contribution < -0.4 is 0 Å². The van der Waals surface area contributed by atoms with Crippen molar-refractivity contribution < 1.29 is 10.2 Å². The van der Waals surface area contributed by atoms with E-state index in [1.54, 1.807) is 0 Å². The molecule has 0 radical (unpaired) electrons. The van der Waals surface area contributed by atoms with Crippen LogP contribution in [0.25, 0.3) is 0 Å². The second-order valence-electron chi connectivity index (χ2n) is 4.95. The van der Waals surface area contributed by atoms with Crippen molar-refractivity contribution >= 4 is 0 Å². The molecule has 1 aromatic carbocycles. The number of hydrogen-bond donors (Lipinski definition) is 2. The van der Waals surface area contributed by atoms with E-state index >= 15 is 0 Å². The van der Waals surface area contributed by atoms with Gasteiger partial charge in [-0.3, -0.25) is 0 Å². The van der Waals surface area contributed by atoms with Gasteiger partial charge in [-0.1, -0.05) is 0 Å². The third-order valence-electron chi connectivity index (χ3n) is 3.91. The lowest BCUT2D eigenvalue weighted by Crippen LogP contribution is -2.27. The largest absolute Gasteiger partial charge is 0.504 e. The van der Waals surface area contributed by atoms with Crippen molar-refractivity contribution in [3.05, 3.63) is 22.3 Å². The summed E-state index contributed by atoms with van der Waals surface area (Å²) in [5.41, 5.74) is 4.58. The van der Waals surface area contributed by atoms with Crippen LogP contribution in [0.1, 0.15) is 28.7 Å². The molecular formula is C13H17NO2. The first-order valence-electron chi connectivity index (χ1n) is 5.94. The Bertz CT molecular complexity index is 454. The Balaban J connectivity index is 2.23. The summed E-state index contributed by atoms with van der Waals surface area (Å²) >= 11 is 0. The third-order valence-corrected chi connectivity index (χ3v) is 3.91. The molecule has 1 aliphatic heterocycles. The lowest BCUT2D eigenvalue weighted by molar-refractivity contribution is 0.299. The second-order valence-corrected chi connectivity index (χ2v) is 4.95. The van der Waals surface area contributed by atoms with Crippen LogP contribution in [0.5, 0.6) is 11.5 Å². The van der Waals surface area contributed by atoms with E-state index in [9.17, 15) is 10.2 Å². The van der Waals surface area contributed by atoms with Crippen LogP contribution in [-0.4, -0.2) is 28.7 Å². The molecule has 2 aliphatic rings. The van der Waals surface area contributed by atoms with Gasteiger partial charge in [0.1, 0.15) is 0 Å². The summed E-state index contributed by atoms with van der Waals surface area (Å²) in [7, 11) is 2.05. The zero-order valence-electron chi connectivity index (χ0n) is 9.58. The quantitative estimate of drug-likeness (QED) is 0.651. The van der Waals surface area contributed by atoms with Crippen LogP contribution in [0.3, 0.4) is 0 Å². The van der Waals surface area contributed by atoms with Gasteiger partial charge in [0.05, 0.1) is 0 Å². The van der Waals surface area contributed by atoms with Crippen LogP contribution in [-0.2, 0) is 25.8 Å². The number of rotatable bonds is 0. The fourth-order valence-corrected chi connectivity index (χ4v) is 3.07. The molecule has 0 fully saturated rings. The normalized spacial score (nSPS) is 19.6. The molecule has 3 heteroatoms. The minimum absolute atomic E-state index is 0.127. The van der Waals surface area contributed by atoms with E-state index in [-0.39, 0.29) is 11.5 Å². The predicted molar refractivity (Wildman–Crippen MR) is 61.8 cm³/mol. The van der Waals surface area contributed by atoms with E-state index in [0.29, 0.717) is 0 Å². The average molecular weight is 219 g/mol. The molecule has 16 heavy (non-hydrogen) atoms. The number of nitrogens with zero attached hydrogens (tertiary/aromatic N) is 1. The van der Waals surface area contributed by atoms with E-state index in [4.69, 9.17) is 0 Å². The molecule has 0 bridgehead atoms. The minimum Gasteiger partial charge on any atom is -0.504 e. The molecule has 0 unspecified atom stereocenters. The first-order valence-corrected chi connectivity index (χ1v) is 5.94. The molecule has 1 aromatic rings. The Hall–Kier alpha value is -1.22. The van der Waals surface area contributed by atoms with Gasteiger partial charge in [0.2, 0.25) is 0 Å². The van der Waals surface area contributed by atoms with Crippen molar-refractivity contribution in [2.45, 2.75) is 32.2 Å². The van der Waals surface area contributed by atoms with E-state index in [2.05, 4.69) is 4.90 Å². The highest BCUT2D eigenvalue weighted by atomic mass is 16.3. The van der Waals surface area contributed by atoms with Crippen molar-refractivity contribution in [2.24, 2.45) is 0 Å². The summed E-state index contributed by atoms with van der Waals surface area (Å²) < 4.78 is 0. The number of hydrogen-bond acceptors (Lipinski definition) is 3. The standard InChI is InChI=1S/C13H17NO2/c1-14-6-5-9-8-3-2-4-10(8)12(15)13(16)11(9)7-14/h15-16H,2-7H2,1H3. The van der Waals surface area contributed by atoms with Crippen LogP contribution in [0.2, 0.25) is 0 Å². The lowest BCUT2D eigenvalue weighted by Gasteiger charge is -2.28. The van der Waals surface area contributed by atoms with Gasteiger partial charge in [-0.2, -0.15) is 0 Å². The molecule has 0 saturated carbocycles. The molecule has 0 amide bonds. The Kier molecular flexibility index (Phi) is 2.11. The number of likely N-dealkylation sites (N-methyl/N-ethyl adjacent to an activating group) is 1. The summed E-state index contributed by atoms with van der Waals surface area (Å²) in [6.07, 6.45) is 4.09. The van der Waals surface area contributed by atoms with E-state index in [1.807, 2.05) is 7.05 Å². The van der Waals surface area contributed by atoms with Gasteiger partial charge in [0.15, 0.2) is 11.5 Å². The number of phenols is 2. The van der Waals surface area contributed by atoms with E-state index < -0.39 is 0 Å². The first kappa shape index (κ1) is 9.97. The van der Waals surface area contributed by atoms with Crippen LogP contribution in [0.15, 0.2) is 0 Å². The molecule has 0 spiro atoms. The van der Waals surface area contributed by atoms with Gasteiger partial charge in [-0.15, -0.1) is 0 Å². The SMILES string of the molecule is CN1CCc2c(c(O)c(O)c3c2CCC3)C1. The smallest absolute Gasteiger partial charge is 0.162 e. The van der Waals surface area contributed by atoms with Gasteiger partial charge in [0.25, 0.3) is 0 Å². The average Bonchev–Trinajstić information content (AvgIpc) is 2.75. The maximum Gasteiger partial charge on any atom is 0.162 e. The summed E-state index contributed by atoms with van der Waals surface area (Å²) in [4.78, 5) is 2.18. The Labute approximate surface area is 95.3 Å². The van der Waals surface area contributed by atoms with Crippen LogP contribution in [0.4, 0.5) is 0 Å². The van der Waals surface area contributed by atoms with Crippen molar-refractivity contribution in [1.29, 1.82) is 0 Å². The first-order chi connectivity index (χ1) is 7.68. The Morgan fingerprint density at radius 1 is 0.875 bits per heavy atom. The fourth-order valence-electron chi connectivity index (χ4n) is 3.07. The Morgan fingerprint density at radius 3 is 2.31 bits per heavy atom. The summed E-state index contributed by atoms with van der Waals surface area (Å²) in [5, 5.41) is 20.0. The van der Waals surface area contributed by atoms with Crippen molar-refractivity contribution in [2.75, 3.05) is 13.6 Å². The monoisotopic (exact) mass is 219 g/mol. The molecule has 0 saturated heterocycles. The third kappa shape index (κ3) is 1.24. The molecule has 2 N–H and O–H groups in total. The number of phenolic OH excluding ortho intramolecular Hbond substituents is 2. The zero-order chi connectivity index (χ0) is 11.3. The van der Waals surface area contributed by atoms with Crippen LogP contribution in [0, 0.1) is 0 Å². The van der Waals surface area contributed by atoms with Crippen molar-refractivity contribution in [1.82, 2.24) is 4.90 Å². The molecule has 1 aliphatic carbocycles. The van der Waals surface area contributed by atoms with Gasteiger partial charge in [-0.05, 0) is 43.9 Å². The van der Waals surface area contributed by atoms with Gasteiger partial charge >= 0.3 is 0 Å². The fraction of sp³-hybridized carbons (Fsp3) is 0.538. The maximum absolute atomic E-state index is 10.0. The Morgan fingerprint density at radius 2 is 1.50 bits per heavy atom. The molecule has 0 aromatic heterocycles. The number of benzene rings is 1. The van der Waals surface area contributed by atoms with E-state index in [0.717, 1.165) is 49.9 Å². The highest BCUT2D eigenvalue weighted by Gasteiger charge is 2.28. The van der Waals surface area contributed by atoms with Gasteiger partial charge < -0.3 is 15.1 Å². The highest BCUT2D eigenvalue weighted by Crippen LogP contribution is 2.44. The zero-order valence-corrected chi connectivity index (χ0v) is 9.58. The molecule has 3 rings (SSSR count). The molecule has 3 nitrogen and oxygen atoms in total. The van der Waals surface area contributed by atoms with Crippen molar-refractivity contribution in [3.8, 4) is 11.5 Å². The molecule has 86 valence electrons.